The van der Waals surface area contributed by atoms with Gasteiger partial charge >= 0.3 is 6.03 Å². The summed E-state index contributed by atoms with van der Waals surface area (Å²) in [5, 5.41) is 2.80. The summed E-state index contributed by atoms with van der Waals surface area (Å²) in [5.41, 5.74) is 0.544. The molecule has 0 aliphatic carbocycles. The highest BCUT2D eigenvalue weighted by Gasteiger charge is 2.33. The van der Waals surface area contributed by atoms with Crippen LogP contribution in [0.25, 0.3) is 0 Å². The fourth-order valence-electron chi connectivity index (χ4n) is 2.28. The molecule has 0 spiro atoms. The van der Waals surface area contributed by atoms with Crippen LogP contribution in [-0.2, 0) is 4.79 Å². The van der Waals surface area contributed by atoms with E-state index in [1.165, 1.54) is 0 Å². The number of rotatable bonds is 1. The van der Waals surface area contributed by atoms with Crippen molar-refractivity contribution >= 4 is 17.6 Å². The molecule has 1 aromatic rings. The van der Waals surface area contributed by atoms with Crippen molar-refractivity contribution in [2.75, 3.05) is 25.0 Å². The van der Waals surface area contributed by atoms with E-state index >= 15 is 0 Å². The second-order valence-corrected chi connectivity index (χ2v) is 5.93. The molecule has 0 unspecified atom stereocenters. The molecule has 0 aromatic heterocycles. The molecule has 1 N–H and O–H groups in total. The van der Waals surface area contributed by atoms with Gasteiger partial charge in [0.15, 0.2) is 0 Å². The third-order valence-corrected chi connectivity index (χ3v) is 3.34. The number of para-hydroxylation sites is 1. The molecule has 0 bridgehead atoms. The maximum Gasteiger partial charge on any atom is 0.322 e. The van der Waals surface area contributed by atoms with Gasteiger partial charge in [-0.05, 0) is 32.9 Å². The summed E-state index contributed by atoms with van der Waals surface area (Å²) in [5.74, 6) is -0.00744. The molecule has 1 heterocycles. The molecule has 0 saturated carbocycles. The van der Waals surface area contributed by atoms with Crippen LogP contribution in [0.3, 0.4) is 0 Å². The van der Waals surface area contributed by atoms with Crippen molar-refractivity contribution in [1.29, 1.82) is 0 Å². The standard InChI is InChI=1S/C15H21N3O2/c1-15(2,3)18-10-9-17(11-13(18)19)14(20)16-12-7-5-4-6-8-12/h4-8H,9-11H2,1-3H3,(H,16,20). The number of carbonyl (C=O) groups excluding carboxylic acids is 2. The monoisotopic (exact) mass is 275 g/mol. The van der Waals surface area contributed by atoms with Crippen LogP contribution in [0, 0.1) is 0 Å². The van der Waals surface area contributed by atoms with Crippen LogP contribution in [-0.4, -0.2) is 46.9 Å². The average molecular weight is 275 g/mol. The predicted octanol–water partition coefficient (Wildman–Crippen LogP) is 2.16. The van der Waals surface area contributed by atoms with Crippen molar-refractivity contribution in [2.24, 2.45) is 0 Å². The van der Waals surface area contributed by atoms with Crippen LogP contribution in [0.2, 0.25) is 0 Å². The summed E-state index contributed by atoms with van der Waals surface area (Å²) in [4.78, 5) is 27.6. The average Bonchev–Trinajstić information content (AvgIpc) is 2.38. The molecule has 5 nitrogen and oxygen atoms in total. The zero-order valence-electron chi connectivity index (χ0n) is 12.2. The molecule has 3 amide bonds. The maximum absolute atomic E-state index is 12.1. The Kier molecular flexibility index (Phi) is 3.97. The fraction of sp³-hybridized carbons (Fsp3) is 0.467. The number of benzene rings is 1. The molecule has 1 fully saturated rings. The summed E-state index contributed by atoms with van der Waals surface area (Å²) in [6.45, 7) is 7.28. The highest BCUT2D eigenvalue weighted by molar-refractivity contribution is 5.93. The first-order valence-corrected chi connectivity index (χ1v) is 6.79. The number of carbonyl (C=O) groups is 2. The molecule has 1 aromatic carbocycles. The lowest BCUT2D eigenvalue weighted by Gasteiger charge is -2.41. The Balaban J connectivity index is 1.96. The van der Waals surface area contributed by atoms with Gasteiger partial charge in [0.25, 0.3) is 0 Å². The predicted molar refractivity (Wildman–Crippen MR) is 78.5 cm³/mol. The van der Waals surface area contributed by atoms with Gasteiger partial charge in [0, 0.05) is 24.3 Å². The summed E-state index contributed by atoms with van der Waals surface area (Å²) in [6, 6.07) is 9.03. The number of anilines is 1. The second kappa shape index (κ2) is 5.53. The molecule has 1 aliphatic heterocycles. The van der Waals surface area contributed by atoms with Crippen molar-refractivity contribution in [1.82, 2.24) is 9.80 Å². The summed E-state index contributed by atoms with van der Waals surface area (Å²) >= 11 is 0. The van der Waals surface area contributed by atoms with Crippen LogP contribution in [0.1, 0.15) is 20.8 Å². The number of amides is 3. The van der Waals surface area contributed by atoms with Gasteiger partial charge in [0.05, 0.1) is 0 Å². The van der Waals surface area contributed by atoms with Crippen molar-refractivity contribution in [3.63, 3.8) is 0 Å². The minimum atomic E-state index is -0.224. The van der Waals surface area contributed by atoms with Crippen LogP contribution in [0.4, 0.5) is 10.5 Å². The van der Waals surface area contributed by atoms with Crippen molar-refractivity contribution in [3.8, 4) is 0 Å². The smallest absolute Gasteiger partial charge is 0.322 e. The van der Waals surface area contributed by atoms with E-state index < -0.39 is 0 Å². The van der Waals surface area contributed by atoms with Crippen molar-refractivity contribution in [2.45, 2.75) is 26.3 Å². The van der Waals surface area contributed by atoms with E-state index in [0.29, 0.717) is 13.1 Å². The van der Waals surface area contributed by atoms with E-state index in [-0.39, 0.29) is 24.0 Å². The van der Waals surface area contributed by atoms with Gasteiger partial charge in [-0.25, -0.2) is 4.79 Å². The van der Waals surface area contributed by atoms with Gasteiger partial charge in [-0.3, -0.25) is 4.79 Å². The minimum absolute atomic E-state index is 0.00744. The molecular formula is C15H21N3O2. The Morgan fingerprint density at radius 1 is 1.15 bits per heavy atom. The highest BCUT2D eigenvalue weighted by Crippen LogP contribution is 2.17. The zero-order valence-corrected chi connectivity index (χ0v) is 12.2. The summed E-state index contributed by atoms with van der Waals surface area (Å²) < 4.78 is 0. The molecule has 1 aliphatic rings. The van der Waals surface area contributed by atoms with E-state index in [4.69, 9.17) is 0 Å². The van der Waals surface area contributed by atoms with E-state index in [2.05, 4.69) is 5.32 Å². The van der Waals surface area contributed by atoms with E-state index in [1.54, 1.807) is 4.90 Å². The van der Waals surface area contributed by atoms with Crippen molar-refractivity contribution in [3.05, 3.63) is 30.3 Å². The Hall–Kier alpha value is -2.04. The first-order chi connectivity index (χ1) is 9.38. The summed E-state index contributed by atoms with van der Waals surface area (Å²) in [6.07, 6.45) is 0. The topological polar surface area (TPSA) is 52.6 Å². The fourth-order valence-corrected chi connectivity index (χ4v) is 2.28. The molecule has 0 atom stereocenters. The second-order valence-electron chi connectivity index (χ2n) is 5.93. The quantitative estimate of drug-likeness (QED) is 0.854. The number of piperazine rings is 1. The maximum atomic E-state index is 12.1. The zero-order chi connectivity index (χ0) is 14.8. The van der Waals surface area contributed by atoms with Gasteiger partial charge < -0.3 is 15.1 Å². The number of urea groups is 1. The van der Waals surface area contributed by atoms with Gasteiger partial charge in [-0.2, -0.15) is 0 Å². The van der Waals surface area contributed by atoms with Gasteiger partial charge in [0.2, 0.25) is 5.91 Å². The highest BCUT2D eigenvalue weighted by atomic mass is 16.2. The normalized spacial score (nSPS) is 16.2. The van der Waals surface area contributed by atoms with Crippen LogP contribution in [0.15, 0.2) is 30.3 Å². The lowest BCUT2D eigenvalue weighted by Crippen LogP contribution is -2.58. The van der Waals surface area contributed by atoms with E-state index in [1.807, 2.05) is 56.0 Å². The number of nitrogens with zero attached hydrogens (tertiary/aromatic N) is 2. The van der Waals surface area contributed by atoms with E-state index in [0.717, 1.165) is 5.69 Å². The summed E-state index contributed by atoms with van der Waals surface area (Å²) in [7, 11) is 0. The molecule has 108 valence electrons. The lowest BCUT2D eigenvalue weighted by atomic mass is 10.0. The van der Waals surface area contributed by atoms with Crippen LogP contribution in [0.5, 0.6) is 0 Å². The Labute approximate surface area is 119 Å². The number of nitrogens with one attached hydrogen (secondary N) is 1. The SMILES string of the molecule is CC(C)(C)N1CCN(C(=O)Nc2ccccc2)CC1=O. The lowest BCUT2D eigenvalue weighted by molar-refractivity contribution is -0.140. The largest absolute Gasteiger partial charge is 0.335 e. The Morgan fingerprint density at radius 2 is 1.80 bits per heavy atom. The first kappa shape index (κ1) is 14.4. The van der Waals surface area contributed by atoms with E-state index in [9.17, 15) is 9.59 Å². The molecule has 0 radical (unpaired) electrons. The molecule has 5 heteroatoms. The first-order valence-electron chi connectivity index (χ1n) is 6.79. The molecule has 1 saturated heterocycles. The molecule has 2 rings (SSSR count). The number of hydrogen-bond acceptors (Lipinski definition) is 2. The Morgan fingerprint density at radius 3 is 2.35 bits per heavy atom. The van der Waals surface area contributed by atoms with Gasteiger partial charge in [0.1, 0.15) is 6.54 Å². The third-order valence-electron chi connectivity index (χ3n) is 3.34. The molecule has 20 heavy (non-hydrogen) atoms. The van der Waals surface area contributed by atoms with Crippen LogP contribution >= 0.6 is 0 Å². The van der Waals surface area contributed by atoms with Gasteiger partial charge in [-0.15, -0.1) is 0 Å². The third kappa shape index (κ3) is 3.29. The molecular weight excluding hydrogens is 254 g/mol. The van der Waals surface area contributed by atoms with Crippen molar-refractivity contribution < 1.29 is 9.59 Å². The minimum Gasteiger partial charge on any atom is -0.335 e. The van der Waals surface area contributed by atoms with Crippen LogP contribution < -0.4 is 5.32 Å². The Bertz CT molecular complexity index is 494. The number of hydrogen-bond donors (Lipinski definition) is 1. The van der Waals surface area contributed by atoms with Gasteiger partial charge in [-0.1, -0.05) is 18.2 Å².